The second-order valence-electron chi connectivity index (χ2n) is 5.81. The molecule has 0 amide bonds. The number of hydrogen-bond acceptors (Lipinski definition) is 0. The molecule has 0 N–H and O–H groups in total. The summed E-state index contributed by atoms with van der Waals surface area (Å²) in [7, 11) is 0. The van der Waals surface area contributed by atoms with Crippen LogP contribution in [0.4, 0.5) is 0 Å². The van der Waals surface area contributed by atoms with Crippen molar-refractivity contribution in [2.45, 2.75) is 67.2 Å². The lowest BCUT2D eigenvalue weighted by atomic mass is 9.78. The molecule has 0 aromatic rings. The van der Waals surface area contributed by atoms with E-state index in [0.29, 0.717) is 5.41 Å². The van der Waals surface area contributed by atoms with Crippen molar-refractivity contribution < 1.29 is 0 Å². The van der Waals surface area contributed by atoms with Crippen molar-refractivity contribution >= 4 is 0 Å². The zero-order valence-corrected chi connectivity index (χ0v) is 10.5. The van der Waals surface area contributed by atoms with E-state index in [1.54, 1.807) is 0 Å². The first-order valence-electron chi connectivity index (χ1n) is 5.87. The molecule has 0 fully saturated rings. The molecule has 0 saturated heterocycles. The topological polar surface area (TPSA) is 0 Å². The van der Waals surface area contributed by atoms with Gasteiger partial charge in [-0.15, -0.1) is 0 Å². The van der Waals surface area contributed by atoms with Gasteiger partial charge in [0.1, 0.15) is 0 Å². The summed E-state index contributed by atoms with van der Waals surface area (Å²) >= 11 is 0. The van der Waals surface area contributed by atoms with E-state index in [9.17, 15) is 0 Å². The Bertz CT molecular complexity index is 122. The monoisotopic (exact) mass is 184 g/mol. The molecule has 0 saturated carbocycles. The maximum absolute atomic E-state index is 2.41. The molecular formula is C13H28. The van der Waals surface area contributed by atoms with E-state index < -0.39 is 0 Å². The third-order valence-corrected chi connectivity index (χ3v) is 2.97. The van der Waals surface area contributed by atoms with Crippen molar-refractivity contribution in [2.24, 2.45) is 17.3 Å². The SMILES string of the molecule is CC[C@@H](C)CCC(C)(C)CC(C)C. The minimum atomic E-state index is 0.553. The van der Waals surface area contributed by atoms with Gasteiger partial charge in [0.05, 0.1) is 0 Å². The smallest absolute Gasteiger partial charge is 0.0352 e. The Morgan fingerprint density at radius 1 is 1.08 bits per heavy atom. The Kier molecular flexibility index (Phi) is 5.67. The second kappa shape index (κ2) is 5.67. The van der Waals surface area contributed by atoms with Crippen LogP contribution in [0.5, 0.6) is 0 Å². The molecule has 13 heavy (non-hydrogen) atoms. The molecule has 0 bridgehead atoms. The van der Waals surface area contributed by atoms with E-state index >= 15 is 0 Å². The predicted molar refractivity (Wildman–Crippen MR) is 61.9 cm³/mol. The fraction of sp³-hybridized carbons (Fsp3) is 1.00. The Morgan fingerprint density at radius 2 is 1.62 bits per heavy atom. The molecule has 0 spiro atoms. The zero-order valence-electron chi connectivity index (χ0n) is 10.5. The first-order chi connectivity index (χ1) is 5.87. The van der Waals surface area contributed by atoms with E-state index in [0.717, 1.165) is 11.8 Å². The van der Waals surface area contributed by atoms with Gasteiger partial charge in [-0.3, -0.25) is 0 Å². The van der Waals surface area contributed by atoms with Crippen molar-refractivity contribution in [2.75, 3.05) is 0 Å². The van der Waals surface area contributed by atoms with Crippen molar-refractivity contribution in [3.8, 4) is 0 Å². The lowest BCUT2D eigenvalue weighted by molar-refractivity contribution is 0.242. The summed E-state index contributed by atoms with van der Waals surface area (Å²) in [6.45, 7) is 14.1. The van der Waals surface area contributed by atoms with Gasteiger partial charge < -0.3 is 0 Å². The third kappa shape index (κ3) is 7.10. The van der Waals surface area contributed by atoms with Crippen molar-refractivity contribution in [1.82, 2.24) is 0 Å². The molecule has 0 rings (SSSR count). The van der Waals surface area contributed by atoms with Crippen molar-refractivity contribution in [3.63, 3.8) is 0 Å². The molecule has 80 valence electrons. The highest BCUT2D eigenvalue weighted by Crippen LogP contribution is 2.32. The van der Waals surface area contributed by atoms with Crippen LogP contribution in [0.15, 0.2) is 0 Å². The predicted octanol–water partition coefficient (Wildman–Crippen LogP) is 4.89. The van der Waals surface area contributed by atoms with Gasteiger partial charge in [-0.05, 0) is 30.1 Å². The van der Waals surface area contributed by atoms with Crippen LogP contribution in [-0.2, 0) is 0 Å². The van der Waals surface area contributed by atoms with Crippen LogP contribution >= 0.6 is 0 Å². The molecular weight excluding hydrogens is 156 g/mol. The summed E-state index contributed by atoms with van der Waals surface area (Å²) in [5, 5.41) is 0. The van der Waals surface area contributed by atoms with Gasteiger partial charge in [0.15, 0.2) is 0 Å². The number of hydrogen-bond donors (Lipinski definition) is 0. The largest absolute Gasteiger partial charge is 0.0651 e. The minimum Gasteiger partial charge on any atom is -0.0651 e. The highest BCUT2D eigenvalue weighted by atomic mass is 14.2. The van der Waals surface area contributed by atoms with Gasteiger partial charge in [-0.1, -0.05) is 54.4 Å². The average molecular weight is 184 g/mol. The van der Waals surface area contributed by atoms with E-state index in [1.165, 1.54) is 25.7 Å². The van der Waals surface area contributed by atoms with Crippen LogP contribution in [0.1, 0.15) is 67.2 Å². The Labute approximate surface area is 85.1 Å². The van der Waals surface area contributed by atoms with Crippen LogP contribution in [-0.4, -0.2) is 0 Å². The summed E-state index contributed by atoms with van der Waals surface area (Å²) < 4.78 is 0. The van der Waals surface area contributed by atoms with Gasteiger partial charge >= 0.3 is 0 Å². The molecule has 0 aliphatic heterocycles. The molecule has 0 heteroatoms. The van der Waals surface area contributed by atoms with Crippen LogP contribution in [0.2, 0.25) is 0 Å². The summed E-state index contributed by atoms with van der Waals surface area (Å²) in [5.41, 5.74) is 0.553. The Balaban J connectivity index is 3.74. The first-order valence-corrected chi connectivity index (χ1v) is 5.87. The number of rotatable bonds is 6. The van der Waals surface area contributed by atoms with Crippen LogP contribution < -0.4 is 0 Å². The van der Waals surface area contributed by atoms with Crippen LogP contribution in [0, 0.1) is 17.3 Å². The summed E-state index contributed by atoms with van der Waals surface area (Å²) in [6, 6.07) is 0. The standard InChI is InChI=1S/C13H28/c1-7-12(4)8-9-13(5,6)10-11(2)3/h11-12H,7-10H2,1-6H3/t12-/m1/s1. The highest BCUT2D eigenvalue weighted by Gasteiger charge is 2.19. The summed E-state index contributed by atoms with van der Waals surface area (Å²) in [5.74, 6) is 1.75. The molecule has 0 aliphatic rings. The zero-order chi connectivity index (χ0) is 10.5. The normalized spacial score (nSPS) is 15.0. The third-order valence-electron chi connectivity index (χ3n) is 2.97. The summed E-state index contributed by atoms with van der Waals surface area (Å²) in [4.78, 5) is 0. The van der Waals surface area contributed by atoms with E-state index in [-0.39, 0.29) is 0 Å². The molecule has 1 atom stereocenters. The molecule has 0 aromatic carbocycles. The molecule has 0 unspecified atom stereocenters. The van der Waals surface area contributed by atoms with Gasteiger partial charge in [0.2, 0.25) is 0 Å². The molecule has 0 aliphatic carbocycles. The average Bonchev–Trinajstić information content (AvgIpc) is 1.98. The molecule has 0 nitrogen and oxygen atoms in total. The quantitative estimate of drug-likeness (QED) is 0.551. The van der Waals surface area contributed by atoms with Crippen LogP contribution in [0.25, 0.3) is 0 Å². The van der Waals surface area contributed by atoms with E-state index in [1.807, 2.05) is 0 Å². The fourth-order valence-electron chi connectivity index (χ4n) is 2.05. The minimum absolute atomic E-state index is 0.553. The molecule has 0 heterocycles. The Morgan fingerprint density at radius 3 is 2.00 bits per heavy atom. The van der Waals surface area contributed by atoms with E-state index in [2.05, 4.69) is 41.5 Å². The lowest BCUT2D eigenvalue weighted by Gasteiger charge is -2.27. The maximum atomic E-state index is 2.41. The summed E-state index contributed by atoms with van der Waals surface area (Å²) in [6.07, 6.45) is 5.48. The van der Waals surface area contributed by atoms with Gasteiger partial charge in [-0.2, -0.15) is 0 Å². The van der Waals surface area contributed by atoms with Crippen molar-refractivity contribution in [3.05, 3.63) is 0 Å². The maximum Gasteiger partial charge on any atom is -0.0352 e. The lowest BCUT2D eigenvalue weighted by Crippen LogP contribution is -2.15. The van der Waals surface area contributed by atoms with Gasteiger partial charge in [-0.25, -0.2) is 0 Å². The van der Waals surface area contributed by atoms with Gasteiger partial charge in [0.25, 0.3) is 0 Å². The fourth-order valence-corrected chi connectivity index (χ4v) is 2.05. The van der Waals surface area contributed by atoms with Gasteiger partial charge in [0, 0.05) is 0 Å². The Hall–Kier alpha value is 0. The molecule has 0 radical (unpaired) electrons. The first kappa shape index (κ1) is 13.0. The second-order valence-corrected chi connectivity index (χ2v) is 5.81. The molecule has 0 aromatic heterocycles. The van der Waals surface area contributed by atoms with Crippen LogP contribution in [0.3, 0.4) is 0 Å². The van der Waals surface area contributed by atoms with Crippen molar-refractivity contribution in [1.29, 1.82) is 0 Å². The van der Waals surface area contributed by atoms with E-state index in [4.69, 9.17) is 0 Å². The highest BCUT2D eigenvalue weighted by molar-refractivity contribution is 4.71.